The van der Waals surface area contributed by atoms with Gasteiger partial charge in [-0.3, -0.25) is 0 Å². The fraction of sp³-hybridized carbons (Fsp3) is 0.125. The van der Waals surface area contributed by atoms with Gasteiger partial charge in [-0.15, -0.1) is 0 Å². The van der Waals surface area contributed by atoms with Crippen LogP contribution in [0.15, 0.2) is 59.2 Å². The minimum absolute atomic E-state index is 0.865. The molecule has 0 fully saturated rings. The van der Waals surface area contributed by atoms with Gasteiger partial charge in [0.25, 0.3) is 0 Å². The molecule has 0 spiro atoms. The lowest BCUT2D eigenvalue weighted by Gasteiger charge is -2.03. The van der Waals surface area contributed by atoms with Crippen molar-refractivity contribution in [3.05, 3.63) is 71.7 Å². The first kappa shape index (κ1) is 10.2. The van der Waals surface area contributed by atoms with Crippen molar-refractivity contribution in [2.24, 2.45) is 0 Å². The number of benzene rings is 2. The topological polar surface area (TPSA) is 13.1 Å². The minimum atomic E-state index is 0.865. The third-order valence-electron chi connectivity index (χ3n) is 3.15. The first-order valence-electron chi connectivity index (χ1n) is 5.83. The molecule has 0 aliphatic rings. The predicted octanol–water partition coefficient (Wildman–Crippen LogP) is 4.33. The number of hydrogen-bond donors (Lipinski definition) is 0. The zero-order chi connectivity index (χ0) is 11.7. The molecule has 0 N–H and O–H groups in total. The summed E-state index contributed by atoms with van der Waals surface area (Å²) in [5.41, 5.74) is 2.51. The van der Waals surface area contributed by atoms with E-state index in [1.54, 1.807) is 6.26 Å². The molecule has 0 unspecified atom stereocenters. The van der Waals surface area contributed by atoms with Gasteiger partial charge in [-0.05, 0) is 34.9 Å². The van der Waals surface area contributed by atoms with Crippen LogP contribution in [0.2, 0.25) is 0 Å². The summed E-state index contributed by atoms with van der Waals surface area (Å²) in [7, 11) is 0. The van der Waals surface area contributed by atoms with Crippen LogP contribution in [-0.4, -0.2) is 0 Å². The Bertz CT molecular complexity index is 649. The lowest BCUT2D eigenvalue weighted by atomic mass is 10.0. The van der Waals surface area contributed by atoms with Crippen molar-refractivity contribution in [2.45, 2.75) is 13.3 Å². The molecule has 17 heavy (non-hydrogen) atoms. The fourth-order valence-corrected chi connectivity index (χ4v) is 2.12. The quantitative estimate of drug-likeness (QED) is 0.629. The van der Waals surface area contributed by atoms with E-state index in [1.165, 1.54) is 21.9 Å². The molecule has 1 heterocycles. The summed E-state index contributed by atoms with van der Waals surface area (Å²) in [5.74, 6) is 1.06. The van der Waals surface area contributed by atoms with E-state index in [1.807, 2.05) is 6.07 Å². The van der Waals surface area contributed by atoms with Crippen LogP contribution in [0.3, 0.4) is 0 Å². The van der Waals surface area contributed by atoms with Crippen LogP contribution in [-0.2, 0) is 6.42 Å². The monoisotopic (exact) mass is 222 g/mol. The van der Waals surface area contributed by atoms with Crippen molar-refractivity contribution < 1.29 is 4.42 Å². The number of furan rings is 1. The van der Waals surface area contributed by atoms with Crippen molar-refractivity contribution in [2.75, 3.05) is 0 Å². The number of hydrogen-bond acceptors (Lipinski definition) is 1. The maximum absolute atomic E-state index is 5.48. The van der Waals surface area contributed by atoms with Crippen molar-refractivity contribution in [3.63, 3.8) is 0 Å². The van der Waals surface area contributed by atoms with Crippen LogP contribution in [0.1, 0.15) is 16.9 Å². The predicted molar refractivity (Wildman–Crippen MR) is 70.2 cm³/mol. The first-order chi connectivity index (χ1) is 8.33. The van der Waals surface area contributed by atoms with E-state index in [0.717, 1.165) is 12.2 Å². The lowest BCUT2D eigenvalue weighted by molar-refractivity contribution is 0.518. The Morgan fingerprint density at radius 2 is 1.76 bits per heavy atom. The van der Waals surface area contributed by atoms with Gasteiger partial charge in [0.1, 0.15) is 5.76 Å². The minimum Gasteiger partial charge on any atom is -0.469 e. The van der Waals surface area contributed by atoms with Crippen LogP contribution in [0.5, 0.6) is 0 Å². The summed E-state index contributed by atoms with van der Waals surface area (Å²) in [6, 6.07) is 17.0. The molecule has 0 bridgehead atoms. The molecule has 3 rings (SSSR count). The van der Waals surface area contributed by atoms with E-state index < -0.39 is 0 Å². The van der Waals surface area contributed by atoms with Gasteiger partial charge in [0.2, 0.25) is 0 Å². The van der Waals surface area contributed by atoms with E-state index in [-0.39, 0.29) is 0 Å². The SMILES string of the molecule is Cc1ccoc1Cc1ccc2ccccc2c1. The number of rotatable bonds is 2. The Hall–Kier alpha value is -2.02. The maximum atomic E-state index is 5.48. The molecular formula is C16H14O. The average Bonchev–Trinajstić information content (AvgIpc) is 2.75. The van der Waals surface area contributed by atoms with E-state index >= 15 is 0 Å². The average molecular weight is 222 g/mol. The molecule has 0 aliphatic heterocycles. The normalized spacial score (nSPS) is 10.9. The van der Waals surface area contributed by atoms with Crippen LogP contribution in [0.25, 0.3) is 10.8 Å². The van der Waals surface area contributed by atoms with E-state index in [4.69, 9.17) is 4.42 Å². The largest absolute Gasteiger partial charge is 0.469 e. The summed E-state index contributed by atoms with van der Waals surface area (Å²) >= 11 is 0. The summed E-state index contributed by atoms with van der Waals surface area (Å²) in [5, 5.41) is 2.57. The summed E-state index contributed by atoms with van der Waals surface area (Å²) in [6.07, 6.45) is 2.62. The summed E-state index contributed by atoms with van der Waals surface area (Å²) < 4.78 is 5.48. The lowest BCUT2D eigenvalue weighted by Crippen LogP contribution is -1.88. The van der Waals surface area contributed by atoms with Gasteiger partial charge in [-0.25, -0.2) is 0 Å². The van der Waals surface area contributed by atoms with Crippen molar-refractivity contribution >= 4 is 10.8 Å². The molecule has 0 saturated carbocycles. The molecule has 84 valence electrons. The summed E-state index contributed by atoms with van der Waals surface area (Å²) in [6.45, 7) is 2.08. The van der Waals surface area contributed by atoms with Crippen LogP contribution < -0.4 is 0 Å². The molecule has 0 amide bonds. The standard InChI is InChI=1S/C16H14O/c1-12-8-9-17-16(12)11-13-6-7-14-4-2-3-5-15(14)10-13/h2-10H,11H2,1H3. The van der Waals surface area contributed by atoms with Crippen LogP contribution in [0, 0.1) is 6.92 Å². The highest BCUT2D eigenvalue weighted by Gasteiger charge is 2.03. The highest BCUT2D eigenvalue weighted by atomic mass is 16.3. The summed E-state index contributed by atoms with van der Waals surface area (Å²) in [4.78, 5) is 0. The Kier molecular flexibility index (Phi) is 2.45. The zero-order valence-corrected chi connectivity index (χ0v) is 9.81. The van der Waals surface area contributed by atoms with E-state index in [0.29, 0.717) is 0 Å². The smallest absolute Gasteiger partial charge is 0.111 e. The van der Waals surface area contributed by atoms with Crippen LogP contribution in [0.4, 0.5) is 0 Å². The molecule has 0 atom stereocenters. The van der Waals surface area contributed by atoms with E-state index in [9.17, 15) is 0 Å². The third-order valence-corrected chi connectivity index (χ3v) is 3.15. The fourth-order valence-electron chi connectivity index (χ4n) is 2.12. The number of aryl methyl sites for hydroxylation is 1. The van der Waals surface area contributed by atoms with Gasteiger partial charge in [-0.1, -0.05) is 42.5 Å². The zero-order valence-electron chi connectivity index (χ0n) is 9.81. The molecule has 1 nitrogen and oxygen atoms in total. The Balaban J connectivity index is 1.99. The van der Waals surface area contributed by atoms with Crippen LogP contribution >= 0.6 is 0 Å². The van der Waals surface area contributed by atoms with Gasteiger partial charge >= 0.3 is 0 Å². The van der Waals surface area contributed by atoms with Gasteiger partial charge in [0, 0.05) is 6.42 Å². The highest BCUT2D eigenvalue weighted by Crippen LogP contribution is 2.19. The molecular weight excluding hydrogens is 208 g/mol. The Labute approximate surface area is 101 Å². The second kappa shape index (κ2) is 4.10. The number of fused-ring (bicyclic) bond motifs is 1. The maximum Gasteiger partial charge on any atom is 0.111 e. The van der Waals surface area contributed by atoms with E-state index in [2.05, 4.69) is 49.4 Å². The molecule has 0 aliphatic carbocycles. The van der Waals surface area contributed by atoms with Crippen molar-refractivity contribution in [1.82, 2.24) is 0 Å². The molecule has 1 heteroatoms. The molecule has 0 saturated heterocycles. The first-order valence-corrected chi connectivity index (χ1v) is 5.83. The van der Waals surface area contributed by atoms with Crippen molar-refractivity contribution in [3.8, 4) is 0 Å². The Morgan fingerprint density at radius 1 is 0.941 bits per heavy atom. The highest BCUT2D eigenvalue weighted by molar-refractivity contribution is 5.83. The molecule has 3 aromatic rings. The van der Waals surface area contributed by atoms with Gasteiger partial charge in [0.15, 0.2) is 0 Å². The van der Waals surface area contributed by atoms with Crippen molar-refractivity contribution in [1.29, 1.82) is 0 Å². The molecule has 2 aromatic carbocycles. The van der Waals surface area contributed by atoms with Gasteiger partial charge in [0.05, 0.1) is 6.26 Å². The van der Waals surface area contributed by atoms with Gasteiger partial charge in [-0.2, -0.15) is 0 Å². The third kappa shape index (κ3) is 1.96. The molecule has 1 aromatic heterocycles. The van der Waals surface area contributed by atoms with Gasteiger partial charge < -0.3 is 4.42 Å². The Morgan fingerprint density at radius 3 is 2.53 bits per heavy atom. The second-order valence-electron chi connectivity index (χ2n) is 4.39. The second-order valence-corrected chi connectivity index (χ2v) is 4.39. The molecule has 0 radical (unpaired) electrons.